The van der Waals surface area contributed by atoms with E-state index in [9.17, 15) is 4.79 Å². The van der Waals surface area contributed by atoms with E-state index < -0.39 is 0 Å². The lowest BCUT2D eigenvalue weighted by Crippen LogP contribution is -2.22. The molecule has 0 radical (unpaired) electrons. The molecule has 0 amide bonds. The molecule has 30 heavy (non-hydrogen) atoms. The van der Waals surface area contributed by atoms with Crippen LogP contribution in [0.5, 0.6) is 5.75 Å². The number of fused-ring (bicyclic) bond motifs is 2. The van der Waals surface area contributed by atoms with Crippen LogP contribution in [0.15, 0.2) is 69.0 Å². The van der Waals surface area contributed by atoms with Gasteiger partial charge in [-0.05, 0) is 41.5 Å². The number of hydrogen-bond acceptors (Lipinski definition) is 4. The molecule has 1 aromatic heterocycles. The second kappa shape index (κ2) is 8.79. The molecule has 0 saturated heterocycles. The molecule has 4 aromatic rings. The first-order valence-corrected chi connectivity index (χ1v) is 10.7. The monoisotopic (exact) mass is 463 g/mol. The van der Waals surface area contributed by atoms with E-state index in [-0.39, 0.29) is 5.56 Å². The maximum atomic E-state index is 13.3. The van der Waals surface area contributed by atoms with Crippen LogP contribution in [-0.4, -0.2) is 23.0 Å². The Labute approximate surface area is 183 Å². The first-order chi connectivity index (χ1) is 14.6. The van der Waals surface area contributed by atoms with Gasteiger partial charge in [0.15, 0.2) is 0 Å². The van der Waals surface area contributed by atoms with Gasteiger partial charge >= 0.3 is 0 Å². The molecule has 0 bridgehead atoms. The smallest absolute Gasteiger partial charge is 0.282 e. The maximum absolute atomic E-state index is 13.3. The second-order valence-electron chi connectivity index (χ2n) is 7.06. The fourth-order valence-electron chi connectivity index (χ4n) is 3.51. The van der Waals surface area contributed by atoms with Crippen molar-refractivity contribution in [1.29, 1.82) is 0 Å². The second-order valence-corrected chi connectivity index (χ2v) is 7.97. The van der Waals surface area contributed by atoms with E-state index in [0.717, 1.165) is 33.7 Å². The van der Waals surface area contributed by atoms with Crippen LogP contribution in [0.3, 0.4) is 0 Å². The third kappa shape index (κ3) is 3.87. The summed E-state index contributed by atoms with van der Waals surface area (Å²) in [6.45, 7) is 2.12. The Balaban J connectivity index is 1.91. The van der Waals surface area contributed by atoms with Gasteiger partial charge in [0.05, 0.1) is 24.2 Å². The summed E-state index contributed by atoms with van der Waals surface area (Å²) >= 11 is 3.44. The number of nitrogens with zero attached hydrogens (tertiary/aromatic N) is 3. The number of hydrogen-bond donors (Lipinski definition) is 0. The average molecular weight is 464 g/mol. The lowest BCUT2D eigenvalue weighted by Gasteiger charge is -2.11. The Morgan fingerprint density at radius 3 is 2.77 bits per heavy atom. The molecule has 0 aliphatic carbocycles. The minimum absolute atomic E-state index is 0.178. The van der Waals surface area contributed by atoms with E-state index in [4.69, 9.17) is 9.72 Å². The standard InChI is InChI=1S/C24H22BrN3O2/c1-3-4-9-23-27-21-12-11-17(25)14-19(21)24(29)28(23)26-15-20-18-8-6-5-7-16(18)10-13-22(20)30-2/h5-8,10-15H,3-4,9H2,1-2H3. The number of aryl methyl sites for hydroxylation is 1. The van der Waals surface area contributed by atoms with Crippen LogP contribution in [0, 0.1) is 0 Å². The summed E-state index contributed by atoms with van der Waals surface area (Å²) in [4.78, 5) is 18.0. The number of ether oxygens (including phenoxy) is 1. The summed E-state index contributed by atoms with van der Waals surface area (Å²) in [5.41, 5.74) is 1.34. The SMILES string of the molecule is CCCCc1nc2ccc(Br)cc2c(=O)n1N=Cc1c(OC)ccc2ccccc12. The van der Waals surface area contributed by atoms with Gasteiger partial charge in [0.25, 0.3) is 5.56 Å². The fraction of sp³-hybridized carbons (Fsp3) is 0.208. The van der Waals surface area contributed by atoms with Gasteiger partial charge in [-0.25, -0.2) is 4.98 Å². The fourth-order valence-corrected chi connectivity index (χ4v) is 3.87. The minimum atomic E-state index is -0.178. The summed E-state index contributed by atoms with van der Waals surface area (Å²) in [6, 6.07) is 17.5. The molecule has 0 spiro atoms. The maximum Gasteiger partial charge on any atom is 0.282 e. The van der Waals surface area contributed by atoms with Crippen molar-refractivity contribution in [3.63, 3.8) is 0 Å². The van der Waals surface area contributed by atoms with Gasteiger partial charge in [-0.1, -0.05) is 59.6 Å². The van der Waals surface area contributed by atoms with Crippen molar-refractivity contribution in [2.24, 2.45) is 5.10 Å². The summed E-state index contributed by atoms with van der Waals surface area (Å²) in [5.74, 6) is 1.37. The highest BCUT2D eigenvalue weighted by molar-refractivity contribution is 9.10. The zero-order chi connectivity index (χ0) is 21.1. The van der Waals surface area contributed by atoms with Crippen molar-refractivity contribution in [2.45, 2.75) is 26.2 Å². The van der Waals surface area contributed by atoms with Crippen LogP contribution in [-0.2, 0) is 6.42 Å². The Bertz CT molecular complexity index is 1310. The van der Waals surface area contributed by atoms with E-state index in [1.165, 1.54) is 4.68 Å². The summed E-state index contributed by atoms with van der Waals surface area (Å²) in [5, 5.41) is 7.22. The molecule has 0 aliphatic heterocycles. The molecule has 1 heterocycles. The van der Waals surface area contributed by atoms with Crippen LogP contribution in [0.25, 0.3) is 21.7 Å². The van der Waals surface area contributed by atoms with Gasteiger partial charge < -0.3 is 4.74 Å². The molecule has 5 nitrogen and oxygen atoms in total. The molecule has 152 valence electrons. The molecule has 0 atom stereocenters. The topological polar surface area (TPSA) is 56.5 Å². The highest BCUT2D eigenvalue weighted by Crippen LogP contribution is 2.26. The normalized spacial score (nSPS) is 11.6. The van der Waals surface area contributed by atoms with E-state index in [1.807, 2.05) is 48.5 Å². The van der Waals surface area contributed by atoms with Crippen molar-refractivity contribution in [1.82, 2.24) is 9.66 Å². The molecule has 0 fully saturated rings. The minimum Gasteiger partial charge on any atom is -0.496 e. The molecule has 0 N–H and O–H groups in total. The molecule has 3 aromatic carbocycles. The number of rotatable bonds is 6. The molecular formula is C24H22BrN3O2. The number of methoxy groups -OCH3 is 1. The Kier molecular flexibility index (Phi) is 5.95. The molecule has 6 heteroatoms. The molecular weight excluding hydrogens is 442 g/mol. The van der Waals surface area contributed by atoms with Crippen molar-refractivity contribution >= 4 is 43.8 Å². The third-order valence-electron chi connectivity index (χ3n) is 5.08. The van der Waals surface area contributed by atoms with Crippen LogP contribution in [0.1, 0.15) is 31.2 Å². The van der Waals surface area contributed by atoms with Crippen LogP contribution < -0.4 is 10.3 Å². The zero-order valence-electron chi connectivity index (χ0n) is 16.9. The highest BCUT2D eigenvalue weighted by Gasteiger charge is 2.12. The molecule has 0 saturated carbocycles. The van der Waals surface area contributed by atoms with Crippen molar-refractivity contribution < 1.29 is 4.74 Å². The lowest BCUT2D eigenvalue weighted by molar-refractivity contribution is 0.415. The number of benzene rings is 3. The van der Waals surface area contributed by atoms with Gasteiger partial charge in [0.1, 0.15) is 11.6 Å². The Morgan fingerprint density at radius 1 is 1.13 bits per heavy atom. The largest absolute Gasteiger partial charge is 0.496 e. The average Bonchev–Trinajstić information content (AvgIpc) is 2.77. The molecule has 0 aliphatic rings. The van der Waals surface area contributed by atoms with Crippen molar-refractivity contribution in [2.75, 3.05) is 7.11 Å². The van der Waals surface area contributed by atoms with Crippen LogP contribution >= 0.6 is 15.9 Å². The van der Waals surface area contributed by atoms with E-state index in [2.05, 4.69) is 28.0 Å². The highest BCUT2D eigenvalue weighted by atomic mass is 79.9. The van der Waals surface area contributed by atoms with Gasteiger partial charge in [-0.3, -0.25) is 4.79 Å². The van der Waals surface area contributed by atoms with E-state index >= 15 is 0 Å². The Hall–Kier alpha value is -2.99. The van der Waals surface area contributed by atoms with Gasteiger partial charge in [-0.15, -0.1) is 0 Å². The zero-order valence-corrected chi connectivity index (χ0v) is 18.5. The van der Waals surface area contributed by atoms with E-state index in [1.54, 1.807) is 19.4 Å². The summed E-state index contributed by atoms with van der Waals surface area (Å²) in [6.07, 6.45) is 4.32. The predicted molar refractivity (Wildman–Crippen MR) is 126 cm³/mol. The predicted octanol–water partition coefficient (Wildman–Crippen LogP) is 5.55. The lowest BCUT2D eigenvalue weighted by atomic mass is 10.0. The number of halogens is 1. The van der Waals surface area contributed by atoms with Crippen LogP contribution in [0.4, 0.5) is 0 Å². The Morgan fingerprint density at radius 2 is 1.97 bits per heavy atom. The van der Waals surface area contributed by atoms with Gasteiger partial charge in [-0.2, -0.15) is 9.78 Å². The summed E-state index contributed by atoms with van der Waals surface area (Å²) < 4.78 is 7.81. The van der Waals surface area contributed by atoms with Gasteiger partial charge in [0.2, 0.25) is 0 Å². The van der Waals surface area contributed by atoms with Gasteiger partial charge in [0, 0.05) is 16.5 Å². The number of unbranched alkanes of at least 4 members (excludes halogenated alkanes) is 1. The summed E-state index contributed by atoms with van der Waals surface area (Å²) in [7, 11) is 1.63. The number of aromatic nitrogens is 2. The first kappa shape index (κ1) is 20.3. The third-order valence-corrected chi connectivity index (χ3v) is 5.58. The van der Waals surface area contributed by atoms with Crippen LogP contribution in [0.2, 0.25) is 0 Å². The van der Waals surface area contributed by atoms with Crippen molar-refractivity contribution in [3.05, 3.63) is 80.8 Å². The van der Waals surface area contributed by atoms with E-state index in [0.29, 0.717) is 28.9 Å². The molecule has 0 unspecified atom stereocenters. The first-order valence-electron chi connectivity index (χ1n) is 9.93. The molecule has 4 rings (SSSR count). The van der Waals surface area contributed by atoms with Crippen molar-refractivity contribution in [3.8, 4) is 5.75 Å². The quantitative estimate of drug-likeness (QED) is 0.352.